The van der Waals surface area contributed by atoms with E-state index in [2.05, 4.69) is 15.3 Å². The van der Waals surface area contributed by atoms with E-state index in [1.165, 1.54) is 11.2 Å². The fourth-order valence-electron chi connectivity index (χ4n) is 3.21. The molecule has 3 aromatic rings. The summed E-state index contributed by atoms with van der Waals surface area (Å²) in [6.07, 6.45) is 6.68. The first-order valence-electron chi connectivity index (χ1n) is 10.9. The first-order chi connectivity index (χ1) is 16.3. The Labute approximate surface area is 197 Å². The van der Waals surface area contributed by atoms with Crippen LogP contribution in [0.15, 0.2) is 65.4 Å². The number of rotatable bonds is 0. The summed E-state index contributed by atoms with van der Waals surface area (Å²) in [6, 6.07) is 10.5. The zero-order chi connectivity index (χ0) is 24.1. The lowest BCUT2D eigenvalue weighted by atomic mass is 10.2. The first kappa shape index (κ1) is 23.0. The summed E-state index contributed by atoms with van der Waals surface area (Å²) in [7, 11) is 0. The van der Waals surface area contributed by atoms with Crippen molar-refractivity contribution in [3.05, 3.63) is 66.7 Å². The number of hydrogen-bond donors (Lipinski definition) is 1. The van der Waals surface area contributed by atoms with Gasteiger partial charge in [-0.25, -0.2) is 14.8 Å². The third-order valence-corrected chi connectivity index (χ3v) is 4.75. The molecule has 0 spiro atoms. The van der Waals surface area contributed by atoms with E-state index < -0.39 is 17.6 Å². The van der Waals surface area contributed by atoms with Crippen molar-refractivity contribution in [2.75, 3.05) is 23.4 Å². The van der Waals surface area contributed by atoms with Gasteiger partial charge >= 0.3 is 6.09 Å². The molecule has 0 aliphatic carbocycles. The number of pyridine rings is 1. The molecule has 1 aliphatic rings. The number of nitrogens with one attached hydrogen (secondary N) is 1. The Morgan fingerprint density at radius 1 is 1.18 bits per heavy atom. The molecule has 9 heteroatoms. The monoisotopic (exact) mass is 462 g/mol. The van der Waals surface area contributed by atoms with Gasteiger partial charge in [-0.05, 0) is 51.5 Å². The van der Waals surface area contributed by atoms with Crippen LogP contribution in [0.4, 0.5) is 16.3 Å². The van der Waals surface area contributed by atoms with E-state index in [-0.39, 0.29) is 18.1 Å². The second-order valence-electron chi connectivity index (χ2n) is 8.59. The lowest BCUT2D eigenvalue weighted by Gasteiger charge is -2.26. The van der Waals surface area contributed by atoms with Crippen LogP contribution in [0.5, 0.6) is 5.75 Å². The summed E-state index contributed by atoms with van der Waals surface area (Å²) in [5.74, 6) is 0.708. The maximum Gasteiger partial charge on any atom is 0.416 e. The van der Waals surface area contributed by atoms with Gasteiger partial charge in [0, 0.05) is 18.3 Å². The number of carbonyl (C=O) groups excluding carboxylic acids is 2. The summed E-state index contributed by atoms with van der Waals surface area (Å²) in [5.41, 5.74) is 0.540. The third-order valence-electron chi connectivity index (χ3n) is 4.75. The minimum absolute atomic E-state index is 0.109. The van der Waals surface area contributed by atoms with E-state index in [1.54, 1.807) is 51.2 Å². The van der Waals surface area contributed by atoms with Crippen molar-refractivity contribution in [2.24, 2.45) is 0 Å². The molecule has 2 amide bonds. The van der Waals surface area contributed by atoms with Gasteiger partial charge in [0.25, 0.3) is 5.91 Å². The molecule has 0 radical (unpaired) electrons. The van der Waals surface area contributed by atoms with Crippen molar-refractivity contribution in [3.8, 4) is 17.2 Å². The van der Waals surface area contributed by atoms with Gasteiger partial charge in [-0.3, -0.25) is 9.69 Å². The number of amides is 2. The number of para-hydroxylation sites is 2. The molecule has 0 fully saturated rings. The van der Waals surface area contributed by atoms with Gasteiger partial charge in [-0.1, -0.05) is 24.3 Å². The molecule has 9 nitrogen and oxygen atoms in total. The summed E-state index contributed by atoms with van der Waals surface area (Å²) in [4.78, 5) is 35.8. The number of oxazole rings is 1. The zero-order valence-corrected chi connectivity index (χ0v) is 19.3. The standard InChI is InChI=1S/C25H26N4O5/c1-25(2,3)34-24(31)29-13-7-4-8-14-32-20-10-6-5-9-18(20)27-22(30)19-16-33-23(28-19)17-11-12-26-21(29)15-17/h4-7,9-12,15-16H,8,13-14H2,1-3H3,(H,27,30)/b7-4+. The predicted octanol–water partition coefficient (Wildman–Crippen LogP) is 5.07. The molecule has 2 aromatic heterocycles. The summed E-state index contributed by atoms with van der Waals surface area (Å²) in [6.45, 7) is 6.05. The Morgan fingerprint density at radius 2 is 2.00 bits per heavy atom. The quantitative estimate of drug-likeness (QED) is 0.465. The number of hydrogen-bond acceptors (Lipinski definition) is 7. The van der Waals surface area contributed by atoms with Gasteiger partial charge in [0.05, 0.1) is 12.3 Å². The lowest BCUT2D eigenvalue weighted by Crippen LogP contribution is -2.37. The molecular weight excluding hydrogens is 436 g/mol. The van der Waals surface area contributed by atoms with Crippen molar-refractivity contribution in [2.45, 2.75) is 32.8 Å². The summed E-state index contributed by atoms with van der Waals surface area (Å²) < 4.78 is 17.0. The molecule has 34 heavy (non-hydrogen) atoms. The Bertz CT molecular complexity index is 1210. The molecule has 0 unspecified atom stereocenters. The number of carbonyl (C=O) groups is 2. The van der Waals surface area contributed by atoms with Crippen LogP contribution in [-0.2, 0) is 4.74 Å². The van der Waals surface area contributed by atoms with Crippen LogP contribution < -0.4 is 15.0 Å². The van der Waals surface area contributed by atoms with E-state index >= 15 is 0 Å². The van der Waals surface area contributed by atoms with Gasteiger partial charge in [-0.15, -0.1) is 0 Å². The number of fused-ring (bicyclic) bond motifs is 6. The molecule has 0 saturated heterocycles. The molecule has 176 valence electrons. The maximum absolute atomic E-state index is 12.9. The van der Waals surface area contributed by atoms with Crippen molar-refractivity contribution < 1.29 is 23.5 Å². The molecule has 0 saturated carbocycles. The second-order valence-corrected chi connectivity index (χ2v) is 8.59. The fraction of sp³-hybridized carbons (Fsp3) is 0.280. The highest BCUT2D eigenvalue weighted by molar-refractivity contribution is 6.03. The van der Waals surface area contributed by atoms with Crippen LogP contribution in [0.1, 0.15) is 37.7 Å². The number of ether oxygens (including phenoxy) is 2. The highest BCUT2D eigenvalue weighted by Crippen LogP contribution is 2.27. The van der Waals surface area contributed by atoms with Crippen LogP contribution in [0.2, 0.25) is 0 Å². The van der Waals surface area contributed by atoms with Crippen LogP contribution >= 0.6 is 0 Å². The van der Waals surface area contributed by atoms with Crippen molar-refractivity contribution in [1.29, 1.82) is 0 Å². The first-order valence-corrected chi connectivity index (χ1v) is 10.9. The lowest BCUT2D eigenvalue weighted by molar-refractivity contribution is 0.0583. The Hall–Kier alpha value is -4.14. The van der Waals surface area contributed by atoms with Crippen molar-refractivity contribution in [3.63, 3.8) is 0 Å². The molecule has 1 N–H and O–H groups in total. The highest BCUT2D eigenvalue weighted by Gasteiger charge is 2.24. The molecular formula is C25H26N4O5. The van der Waals surface area contributed by atoms with Crippen molar-refractivity contribution in [1.82, 2.24) is 9.97 Å². The zero-order valence-electron chi connectivity index (χ0n) is 19.3. The van der Waals surface area contributed by atoms with Crippen LogP contribution in [0, 0.1) is 0 Å². The van der Waals surface area contributed by atoms with Crippen LogP contribution in [-0.4, -0.2) is 40.7 Å². The smallest absolute Gasteiger partial charge is 0.416 e. The summed E-state index contributed by atoms with van der Waals surface area (Å²) >= 11 is 0. The average Bonchev–Trinajstić information content (AvgIpc) is 3.28. The van der Waals surface area contributed by atoms with E-state index in [4.69, 9.17) is 13.9 Å². The van der Waals surface area contributed by atoms with Crippen LogP contribution in [0.3, 0.4) is 0 Å². The molecule has 1 aliphatic heterocycles. The average molecular weight is 463 g/mol. The topological polar surface area (TPSA) is 107 Å². The normalized spacial score (nSPS) is 15.4. The molecule has 1 aromatic carbocycles. The van der Waals surface area contributed by atoms with Gasteiger partial charge in [0.15, 0.2) is 5.69 Å². The van der Waals surface area contributed by atoms with Gasteiger partial charge < -0.3 is 19.2 Å². The van der Waals surface area contributed by atoms with Crippen molar-refractivity contribution >= 4 is 23.5 Å². The Morgan fingerprint density at radius 3 is 2.82 bits per heavy atom. The third kappa shape index (κ3) is 5.61. The second kappa shape index (κ2) is 9.78. The highest BCUT2D eigenvalue weighted by atomic mass is 16.6. The van der Waals surface area contributed by atoms with Crippen LogP contribution in [0.25, 0.3) is 11.5 Å². The van der Waals surface area contributed by atoms with E-state index in [0.717, 1.165) is 0 Å². The predicted molar refractivity (Wildman–Crippen MR) is 127 cm³/mol. The van der Waals surface area contributed by atoms with Gasteiger partial charge in [0.1, 0.15) is 23.4 Å². The van der Waals surface area contributed by atoms with Gasteiger partial charge in [-0.2, -0.15) is 0 Å². The minimum Gasteiger partial charge on any atom is -0.491 e. The Balaban J connectivity index is 1.70. The maximum atomic E-state index is 12.9. The minimum atomic E-state index is -0.669. The molecule has 4 bridgehead atoms. The molecule has 0 atom stereocenters. The van der Waals surface area contributed by atoms with E-state index in [0.29, 0.717) is 35.8 Å². The van der Waals surface area contributed by atoms with Gasteiger partial charge in [0.2, 0.25) is 5.89 Å². The largest absolute Gasteiger partial charge is 0.491 e. The SMILES string of the molecule is CC(C)(C)OC(=O)N1C/C=C/CCOc2ccccc2NC(=O)c2coc(n2)-c2ccnc1c2. The summed E-state index contributed by atoms with van der Waals surface area (Å²) in [5, 5.41) is 2.81. The number of nitrogens with zero attached hydrogens (tertiary/aromatic N) is 3. The Kier molecular flexibility index (Phi) is 6.62. The fourth-order valence-corrected chi connectivity index (χ4v) is 3.21. The number of aromatic nitrogens is 2. The number of anilines is 2. The van der Waals surface area contributed by atoms with E-state index in [1.807, 2.05) is 24.3 Å². The number of benzene rings is 1. The molecule has 3 heterocycles. The molecule has 4 rings (SSSR count). The van der Waals surface area contributed by atoms with E-state index in [9.17, 15) is 9.59 Å².